The first-order valence-corrected chi connectivity index (χ1v) is 11.2. The maximum atomic E-state index is 12.7. The second-order valence-corrected chi connectivity index (χ2v) is 11.3. The summed E-state index contributed by atoms with van der Waals surface area (Å²) < 4.78 is 27.6. The average molecular weight is 412 g/mol. The number of sulfone groups is 1. The fourth-order valence-electron chi connectivity index (χ4n) is 3.87. The number of amides is 1. The molecule has 1 amide bonds. The largest absolute Gasteiger partial charge is 0.455 e. The number of alkyl halides is 2. The molecule has 3 fully saturated rings. The topological polar surface area (TPSA) is 80.8 Å². The fraction of sp³-hybridized carbons (Fsp3) is 0.875. The second kappa shape index (κ2) is 6.57. The number of ether oxygens (including phenoxy) is 1. The van der Waals surface area contributed by atoms with Gasteiger partial charge in [-0.25, -0.2) is 8.42 Å². The van der Waals surface area contributed by atoms with Crippen molar-refractivity contribution >= 4 is 44.9 Å². The molecule has 142 valence electrons. The van der Waals surface area contributed by atoms with Gasteiger partial charge in [-0.1, -0.05) is 12.8 Å². The van der Waals surface area contributed by atoms with Gasteiger partial charge < -0.3 is 9.64 Å². The van der Waals surface area contributed by atoms with Crippen molar-refractivity contribution in [3.63, 3.8) is 0 Å². The van der Waals surface area contributed by atoms with Crippen LogP contribution in [0.3, 0.4) is 0 Å². The molecule has 3 aliphatic rings. The van der Waals surface area contributed by atoms with Gasteiger partial charge in [-0.2, -0.15) is 0 Å². The highest BCUT2D eigenvalue weighted by molar-refractivity contribution is 7.91. The van der Waals surface area contributed by atoms with Gasteiger partial charge >= 0.3 is 5.97 Å². The predicted molar refractivity (Wildman–Crippen MR) is 94.3 cm³/mol. The van der Waals surface area contributed by atoms with Gasteiger partial charge in [0.25, 0.3) is 5.91 Å². The molecule has 0 aromatic rings. The molecule has 0 bridgehead atoms. The SMILES string of the molecule is CC1(C(=O)OCC(=O)N(C2CCCC2)C2CCS(=O)(=O)C2)CC1(Cl)Cl. The molecule has 0 radical (unpaired) electrons. The summed E-state index contributed by atoms with van der Waals surface area (Å²) in [6, 6.07) is -0.294. The number of hydrogen-bond acceptors (Lipinski definition) is 5. The molecule has 1 saturated heterocycles. The van der Waals surface area contributed by atoms with E-state index in [1.165, 1.54) is 0 Å². The van der Waals surface area contributed by atoms with E-state index >= 15 is 0 Å². The third-order valence-corrected chi connectivity index (χ3v) is 8.49. The zero-order valence-corrected chi connectivity index (χ0v) is 16.5. The molecule has 3 rings (SSSR count). The van der Waals surface area contributed by atoms with Crippen molar-refractivity contribution in [2.24, 2.45) is 5.41 Å². The van der Waals surface area contributed by atoms with Gasteiger partial charge in [-0.15, -0.1) is 23.2 Å². The van der Waals surface area contributed by atoms with Crippen LogP contribution in [0.4, 0.5) is 0 Å². The predicted octanol–water partition coefficient (Wildman–Crippen LogP) is 2.07. The standard InChI is InChI=1S/C16H23Cl2NO5S/c1-15(10-16(15,17)18)14(21)24-8-13(20)19(11-4-2-3-5-11)12-6-7-25(22,23)9-12/h11-12H,2-10H2,1H3. The van der Waals surface area contributed by atoms with Crippen LogP contribution in [0.15, 0.2) is 0 Å². The first kappa shape index (κ1) is 19.2. The molecule has 1 heterocycles. The summed E-state index contributed by atoms with van der Waals surface area (Å²) in [4.78, 5) is 26.5. The number of nitrogens with zero attached hydrogens (tertiary/aromatic N) is 1. The van der Waals surface area contributed by atoms with Crippen LogP contribution in [-0.4, -0.2) is 59.7 Å². The van der Waals surface area contributed by atoms with E-state index in [1.807, 2.05) is 0 Å². The first-order chi connectivity index (χ1) is 11.6. The lowest BCUT2D eigenvalue weighted by molar-refractivity contribution is -0.158. The molecule has 2 aliphatic carbocycles. The van der Waals surface area contributed by atoms with Gasteiger partial charge in [0.2, 0.25) is 0 Å². The Labute approximate surface area is 158 Å². The lowest BCUT2D eigenvalue weighted by atomic mass is 10.1. The van der Waals surface area contributed by atoms with Gasteiger partial charge in [0.05, 0.1) is 11.5 Å². The molecular weight excluding hydrogens is 389 g/mol. The van der Waals surface area contributed by atoms with E-state index in [2.05, 4.69) is 0 Å². The minimum atomic E-state index is -3.10. The highest BCUT2D eigenvalue weighted by Gasteiger charge is 2.69. The van der Waals surface area contributed by atoms with Crippen molar-refractivity contribution < 1.29 is 22.7 Å². The van der Waals surface area contributed by atoms with Gasteiger partial charge in [0.15, 0.2) is 16.4 Å². The molecule has 1 aliphatic heterocycles. The van der Waals surface area contributed by atoms with E-state index < -0.39 is 32.2 Å². The molecule has 2 atom stereocenters. The monoisotopic (exact) mass is 411 g/mol. The molecule has 2 saturated carbocycles. The van der Waals surface area contributed by atoms with Crippen molar-refractivity contribution in [2.45, 2.75) is 61.9 Å². The minimum Gasteiger partial charge on any atom is -0.455 e. The van der Waals surface area contributed by atoms with Crippen LogP contribution in [0.1, 0.15) is 45.4 Å². The van der Waals surface area contributed by atoms with E-state index in [9.17, 15) is 18.0 Å². The van der Waals surface area contributed by atoms with E-state index in [-0.39, 0.29) is 29.5 Å². The number of rotatable bonds is 5. The Bertz CT molecular complexity index is 674. The van der Waals surface area contributed by atoms with Crippen LogP contribution in [0.2, 0.25) is 0 Å². The maximum absolute atomic E-state index is 12.7. The summed E-state index contributed by atoms with van der Waals surface area (Å²) in [6.45, 7) is 1.21. The van der Waals surface area contributed by atoms with Crippen LogP contribution >= 0.6 is 23.2 Å². The third-order valence-electron chi connectivity index (χ3n) is 5.64. The number of halogens is 2. The Hall–Kier alpha value is -0.530. The Morgan fingerprint density at radius 1 is 1.16 bits per heavy atom. The molecule has 0 N–H and O–H groups in total. The Morgan fingerprint density at radius 2 is 1.76 bits per heavy atom. The van der Waals surface area contributed by atoms with E-state index in [0.29, 0.717) is 12.8 Å². The zero-order valence-electron chi connectivity index (χ0n) is 14.2. The molecule has 0 aromatic heterocycles. The average Bonchev–Trinajstić information content (AvgIpc) is 2.95. The smallest absolute Gasteiger partial charge is 0.315 e. The number of esters is 1. The van der Waals surface area contributed by atoms with Crippen LogP contribution in [0.25, 0.3) is 0 Å². The summed E-state index contributed by atoms with van der Waals surface area (Å²) in [5.74, 6) is -0.821. The van der Waals surface area contributed by atoms with Crippen molar-refractivity contribution in [3.8, 4) is 0 Å². The third kappa shape index (κ3) is 3.78. The minimum absolute atomic E-state index is 0.00657. The highest BCUT2D eigenvalue weighted by Crippen LogP contribution is 2.64. The number of carbonyl (C=O) groups excluding carboxylic acids is 2. The molecule has 2 unspecified atom stereocenters. The summed E-state index contributed by atoms with van der Waals surface area (Å²) in [5.41, 5.74) is -0.981. The summed E-state index contributed by atoms with van der Waals surface area (Å²) in [5, 5.41) is 0. The van der Waals surface area contributed by atoms with Crippen molar-refractivity contribution in [1.82, 2.24) is 4.90 Å². The highest BCUT2D eigenvalue weighted by atomic mass is 35.5. The van der Waals surface area contributed by atoms with E-state index in [1.54, 1.807) is 11.8 Å². The Morgan fingerprint density at radius 3 is 2.24 bits per heavy atom. The van der Waals surface area contributed by atoms with Crippen LogP contribution in [-0.2, 0) is 24.2 Å². The number of hydrogen-bond donors (Lipinski definition) is 0. The van der Waals surface area contributed by atoms with Gasteiger partial charge in [-0.3, -0.25) is 9.59 Å². The van der Waals surface area contributed by atoms with E-state index in [4.69, 9.17) is 27.9 Å². The van der Waals surface area contributed by atoms with Crippen LogP contribution in [0, 0.1) is 5.41 Å². The molecule has 25 heavy (non-hydrogen) atoms. The normalized spacial score (nSPS) is 33.2. The molecular formula is C16H23Cl2NO5S. The van der Waals surface area contributed by atoms with Crippen molar-refractivity contribution in [3.05, 3.63) is 0 Å². The van der Waals surface area contributed by atoms with Crippen molar-refractivity contribution in [2.75, 3.05) is 18.1 Å². The maximum Gasteiger partial charge on any atom is 0.315 e. The zero-order chi connectivity index (χ0) is 18.5. The summed E-state index contributed by atoms with van der Waals surface area (Å²) >= 11 is 11.9. The Balaban J connectivity index is 1.64. The molecule has 0 spiro atoms. The summed E-state index contributed by atoms with van der Waals surface area (Å²) in [7, 11) is -3.10. The lowest BCUT2D eigenvalue weighted by Gasteiger charge is -2.34. The molecule has 6 nitrogen and oxygen atoms in total. The second-order valence-electron chi connectivity index (χ2n) is 7.59. The molecule has 0 aromatic carbocycles. The number of carbonyl (C=O) groups is 2. The molecule has 9 heteroatoms. The van der Waals surface area contributed by atoms with Crippen LogP contribution in [0.5, 0.6) is 0 Å². The Kier molecular flexibility index (Phi) is 5.06. The van der Waals surface area contributed by atoms with E-state index in [0.717, 1.165) is 25.7 Å². The van der Waals surface area contributed by atoms with Crippen LogP contribution < -0.4 is 0 Å². The fourth-order valence-corrected chi connectivity index (χ4v) is 6.27. The van der Waals surface area contributed by atoms with Crippen molar-refractivity contribution in [1.29, 1.82) is 0 Å². The first-order valence-electron chi connectivity index (χ1n) is 8.62. The quantitative estimate of drug-likeness (QED) is 0.510. The van der Waals surface area contributed by atoms with Gasteiger partial charge in [0.1, 0.15) is 9.75 Å². The van der Waals surface area contributed by atoms with Gasteiger partial charge in [0, 0.05) is 18.5 Å². The summed E-state index contributed by atoms with van der Waals surface area (Å²) in [6.07, 6.45) is 4.51. The van der Waals surface area contributed by atoms with Gasteiger partial charge in [-0.05, 0) is 26.2 Å². The lowest BCUT2D eigenvalue weighted by Crippen LogP contribution is -2.48.